The highest BCUT2D eigenvalue weighted by molar-refractivity contribution is 5.75. The quantitative estimate of drug-likeness (QED) is 0.553. The molecular formula is C11H24N2O2. The topological polar surface area (TPSA) is 75.4 Å². The van der Waals surface area contributed by atoms with E-state index in [1.807, 2.05) is 13.8 Å². The van der Waals surface area contributed by atoms with Crippen LogP contribution in [-0.2, 0) is 4.79 Å². The molecule has 0 heterocycles. The molecule has 0 aromatic rings. The fourth-order valence-corrected chi connectivity index (χ4v) is 1.19. The molecule has 90 valence electrons. The molecule has 0 aromatic carbocycles. The molecule has 4 nitrogen and oxygen atoms in total. The molecule has 0 aliphatic rings. The van der Waals surface area contributed by atoms with Gasteiger partial charge < -0.3 is 16.2 Å². The second-order valence-electron chi connectivity index (χ2n) is 4.30. The van der Waals surface area contributed by atoms with Crippen LogP contribution in [0, 0.1) is 11.8 Å². The minimum absolute atomic E-state index is 0.0834. The van der Waals surface area contributed by atoms with Gasteiger partial charge in [0.1, 0.15) is 0 Å². The van der Waals surface area contributed by atoms with Crippen LogP contribution in [0.2, 0.25) is 0 Å². The van der Waals surface area contributed by atoms with Crippen LogP contribution in [0.15, 0.2) is 0 Å². The molecule has 4 heteroatoms. The standard InChI is InChI=1S/C11H24N2O2/c1-9(7-12)3-4-11(15)13-8-10(2)5-6-14/h9-10,14H,3-8,12H2,1-2H3,(H,13,15). The number of carbonyl (C=O) groups is 1. The molecule has 0 bridgehead atoms. The van der Waals surface area contributed by atoms with E-state index in [1.165, 1.54) is 0 Å². The first-order chi connectivity index (χ1) is 7.10. The number of nitrogens with one attached hydrogen (secondary N) is 1. The van der Waals surface area contributed by atoms with Crippen LogP contribution in [0.4, 0.5) is 0 Å². The number of aliphatic hydroxyl groups excluding tert-OH is 1. The average molecular weight is 216 g/mol. The van der Waals surface area contributed by atoms with E-state index in [2.05, 4.69) is 5.32 Å². The van der Waals surface area contributed by atoms with Gasteiger partial charge in [-0.3, -0.25) is 4.79 Å². The van der Waals surface area contributed by atoms with Gasteiger partial charge in [0, 0.05) is 19.6 Å². The van der Waals surface area contributed by atoms with E-state index in [0.29, 0.717) is 31.3 Å². The Balaban J connectivity index is 3.48. The van der Waals surface area contributed by atoms with E-state index in [4.69, 9.17) is 10.8 Å². The molecule has 0 saturated heterocycles. The van der Waals surface area contributed by atoms with E-state index in [1.54, 1.807) is 0 Å². The minimum Gasteiger partial charge on any atom is -0.396 e. The Bertz CT molecular complexity index is 174. The maximum atomic E-state index is 11.4. The van der Waals surface area contributed by atoms with Crippen LogP contribution in [0.25, 0.3) is 0 Å². The monoisotopic (exact) mass is 216 g/mol. The summed E-state index contributed by atoms with van der Waals surface area (Å²) in [6.07, 6.45) is 2.13. The van der Waals surface area contributed by atoms with Crippen molar-refractivity contribution in [2.45, 2.75) is 33.1 Å². The van der Waals surface area contributed by atoms with Crippen LogP contribution >= 0.6 is 0 Å². The Hall–Kier alpha value is -0.610. The lowest BCUT2D eigenvalue weighted by Gasteiger charge is -2.12. The zero-order valence-electron chi connectivity index (χ0n) is 9.83. The summed E-state index contributed by atoms with van der Waals surface area (Å²) in [6.45, 7) is 5.52. The molecule has 0 rings (SSSR count). The molecule has 0 fully saturated rings. The van der Waals surface area contributed by atoms with E-state index >= 15 is 0 Å². The number of carbonyl (C=O) groups excluding carboxylic acids is 1. The Kier molecular flexibility index (Phi) is 8.33. The number of aliphatic hydroxyl groups is 1. The number of hydrogen-bond donors (Lipinski definition) is 3. The van der Waals surface area contributed by atoms with E-state index in [0.717, 1.165) is 12.8 Å². The van der Waals surface area contributed by atoms with Gasteiger partial charge in [0.15, 0.2) is 0 Å². The van der Waals surface area contributed by atoms with Crippen LogP contribution in [0.1, 0.15) is 33.1 Å². The Morgan fingerprint density at radius 1 is 1.33 bits per heavy atom. The summed E-state index contributed by atoms with van der Waals surface area (Å²) in [5, 5.41) is 11.5. The van der Waals surface area contributed by atoms with Gasteiger partial charge in [-0.15, -0.1) is 0 Å². The van der Waals surface area contributed by atoms with E-state index in [-0.39, 0.29) is 12.5 Å². The summed E-state index contributed by atoms with van der Waals surface area (Å²) in [4.78, 5) is 11.4. The fourth-order valence-electron chi connectivity index (χ4n) is 1.19. The first kappa shape index (κ1) is 14.4. The van der Waals surface area contributed by atoms with Gasteiger partial charge in [0.25, 0.3) is 0 Å². The van der Waals surface area contributed by atoms with Gasteiger partial charge >= 0.3 is 0 Å². The predicted molar refractivity (Wildman–Crippen MR) is 61.3 cm³/mol. The van der Waals surface area contributed by atoms with Crippen molar-refractivity contribution in [3.8, 4) is 0 Å². The van der Waals surface area contributed by atoms with Gasteiger partial charge in [0.2, 0.25) is 5.91 Å². The molecule has 4 N–H and O–H groups in total. The molecule has 0 saturated carbocycles. The summed E-state index contributed by atoms with van der Waals surface area (Å²) in [6, 6.07) is 0. The summed E-state index contributed by atoms with van der Waals surface area (Å²) in [7, 11) is 0. The third-order valence-electron chi connectivity index (χ3n) is 2.54. The van der Waals surface area contributed by atoms with Gasteiger partial charge in [0.05, 0.1) is 0 Å². The molecule has 2 atom stereocenters. The van der Waals surface area contributed by atoms with Crippen molar-refractivity contribution in [1.29, 1.82) is 0 Å². The maximum absolute atomic E-state index is 11.4. The van der Waals surface area contributed by atoms with Gasteiger partial charge in [-0.05, 0) is 31.2 Å². The number of amides is 1. The number of nitrogens with two attached hydrogens (primary N) is 1. The van der Waals surface area contributed by atoms with Crippen LogP contribution in [-0.4, -0.2) is 30.7 Å². The molecule has 2 unspecified atom stereocenters. The van der Waals surface area contributed by atoms with Gasteiger partial charge in [-0.25, -0.2) is 0 Å². The first-order valence-corrected chi connectivity index (χ1v) is 5.67. The molecule has 0 radical (unpaired) electrons. The highest BCUT2D eigenvalue weighted by atomic mass is 16.3. The van der Waals surface area contributed by atoms with Crippen molar-refractivity contribution in [2.75, 3.05) is 19.7 Å². The predicted octanol–water partition coefficient (Wildman–Crippen LogP) is 0.496. The third-order valence-corrected chi connectivity index (χ3v) is 2.54. The molecule has 0 spiro atoms. The van der Waals surface area contributed by atoms with Crippen molar-refractivity contribution in [3.63, 3.8) is 0 Å². The summed E-state index contributed by atoms with van der Waals surface area (Å²) in [5.74, 6) is 0.830. The zero-order valence-corrected chi connectivity index (χ0v) is 9.83. The average Bonchev–Trinajstić information content (AvgIpc) is 2.23. The summed E-state index contributed by atoms with van der Waals surface area (Å²) >= 11 is 0. The lowest BCUT2D eigenvalue weighted by Crippen LogP contribution is -2.29. The van der Waals surface area contributed by atoms with Crippen molar-refractivity contribution < 1.29 is 9.90 Å². The van der Waals surface area contributed by atoms with Crippen LogP contribution < -0.4 is 11.1 Å². The zero-order chi connectivity index (χ0) is 11.7. The van der Waals surface area contributed by atoms with Crippen molar-refractivity contribution in [3.05, 3.63) is 0 Å². The molecular weight excluding hydrogens is 192 g/mol. The molecule has 0 aromatic heterocycles. The largest absolute Gasteiger partial charge is 0.396 e. The smallest absolute Gasteiger partial charge is 0.220 e. The normalized spacial score (nSPS) is 14.7. The highest BCUT2D eigenvalue weighted by Crippen LogP contribution is 2.03. The lowest BCUT2D eigenvalue weighted by atomic mass is 10.1. The molecule has 0 aliphatic carbocycles. The van der Waals surface area contributed by atoms with Crippen molar-refractivity contribution >= 4 is 5.91 Å². The Morgan fingerprint density at radius 2 is 2.00 bits per heavy atom. The maximum Gasteiger partial charge on any atom is 0.220 e. The third kappa shape index (κ3) is 8.39. The van der Waals surface area contributed by atoms with Gasteiger partial charge in [-0.2, -0.15) is 0 Å². The highest BCUT2D eigenvalue weighted by Gasteiger charge is 2.07. The summed E-state index contributed by atoms with van der Waals surface area (Å²) in [5.41, 5.74) is 5.46. The first-order valence-electron chi connectivity index (χ1n) is 5.67. The Labute approximate surface area is 92.2 Å². The van der Waals surface area contributed by atoms with Crippen LogP contribution in [0.5, 0.6) is 0 Å². The second kappa shape index (κ2) is 8.68. The van der Waals surface area contributed by atoms with E-state index < -0.39 is 0 Å². The SMILES string of the molecule is CC(CN)CCC(=O)NCC(C)CCO. The van der Waals surface area contributed by atoms with Gasteiger partial charge in [-0.1, -0.05) is 13.8 Å². The molecule has 1 amide bonds. The van der Waals surface area contributed by atoms with Crippen molar-refractivity contribution in [2.24, 2.45) is 17.6 Å². The lowest BCUT2D eigenvalue weighted by molar-refractivity contribution is -0.121. The number of rotatable bonds is 8. The number of hydrogen-bond acceptors (Lipinski definition) is 3. The molecule has 0 aliphatic heterocycles. The van der Waals surface area contributed by atoms with E-state index in [9.17, 15) is 4.79 Å². The minimum atomic E-state index is 0.0834. The Morgan fingerprint density at radius 3 is 2.53 bits per heavy atom. The van der Waals surface area contributed by atoms with Crippen molar-refractivity contribution in [1.82, 2.24) is 5.32 Å². The second-order valence-corrected chi connectivity index (χ2v) is 4.30. The van der Waals surface area contributed by atoms with Crippen LogP contribution in [0.3, 0.4) is 0 Å². The molecule has 15 heavy (non-hydrogen) atoms. The summed E-state index contributed by atoms with van der Waals surface area (Å²) < 4.78 is 0. The fraction of sp³-hybridized carbons (Fsp3) is 0.909.